The van der Waals surface area contributed by atoms with Gasteiger partial charge < -0.3 is 9.47 Å². The number of aryl methyl sites for hydroxylation is 1. The van der Waals surface area contributed by atoms with Crippen molar-refractivity contribution < 1.29 is 14.3 Å². The Hall–Kier alpha value is -2.27. The standard InChI is InChI=1S/C25H36N2O3/c1-4-6-8-9-11-21-17-26-24(27-18-21)22-12-14-23(15-13-22)30-25(28)20(3)19-29-16-10-7-5-2/h12-15,17-18,20H,4-11,16,19H2,1-3H3. The highest BCUT2D eigenvalue weighted by molar-refractivity contribution is 5.75. The van der Waals surface area contributed by atoms with Crippen LogP contribution in [0.3, 0.4) is 0 Å². The molecule has 0 spiro atoms. The van der Waals surface area contributed by atoms with E-state index >= 15 is 0 Å². The molecule has 30 heavy (non-hydrogen) atoms. The third kappa shape index (κ3) is 8.62. The Balaban J connectivity index is 1.80. The van der Waals surface area contributed by atoms with E-state index in [2.05, 4.69) is 23.8 Å². The normalized spacial score (nSPS) is 12.0. The molecule has 0 fully saturated rings. The van der Waals surface area contributed by atoms with Crippen molar-refractivity contribution in [2.75, 3.05) is 13.2 Å². The predicted octanol–water partition coefficient (Wildman–Crippen LogP) is 6.01. The minimum absolute atomic E-state index is 0.276. The van der Waals surface area contributed by atoms with E-state index in [-0.39, 0.29) is 11.9 Å². The summed E-state index contributed by atoms with van der Waals surface area (Å²) in [5.74, 6) is 0.634. The summed E-state index contributed by atoms with van der Waals surface area (Å²) in [5, 5.41) is 0. The second-order valence-electron chi connectivity index (χ2n) is 7.85. The molecule has 5 nitrogen and oxygen atoms in total. The number of hydrogen-bond acceptors (Lipinski definition) is 5. The lowest BCUT2D eigenvalue weighted by Gasteiger charge is -2.12. The number of carbonyl (C=O) groups is 1. The molecule has 0 aliphatic carbocycles. The topological polar surface area (TPSA) is 61.3 Å². The second-order valence-corrected chi connectivity index (χ2v) is 7.85. The van der Waals surface area contributed by atoms with Gasteiger partial charge in [-0.05, 0) is 56.0 Å². The highest BCUT2D eigenvalue weighted by Gasteiger charge is 2.16. The van der Waals surface area contributed by atoms with Gasteiger partial charge in [0.15, 0.2) is 5.82 Å². The van der Waals surface area contributed by atoms with Crippen molar-refractivity contribution in [1.29, 1.82) is 0 Å². The third-order valence-electron chi connectivity index (χ3n) is 5.02. The molecule has 0 bridgehead atoms. The summed E-state index contributed by atoms with van der Waals surface area (Å²) in [7, 11) is 0. The van der Waals surface area contributed by atoms with E-state index in [1.807, 2.05) is 31.5 Å². The summed E-state index contributed by atoms with van der Waals surface area (Å²) >= 11 is 0. The summed E-state index contributed by atoms with van der Waals surface area (Å²) in [4.78, 5) is 21.2. The summed E-state index contributed by atoms with van der Waals surface area (Å²) in [5.41, 5.74) is 2.07. The van der Waals surface area contributed by atoms with Crippen LogP contribution in [0.1, 0.15) is 71.3 Å². The average Bonchev–Trinajstić information content (AvgIpc) is 2.77. The number of unbranched alkanes of at least 4 members (excludes halogenated alkanes) is 5. The summed E-state index contributed by atoms with van der Waals surface area (Å²) < 4.78 is 11.0. The molecular formula is C25H36N2O3. The van der Waals surface area contributed by atoms with Crippen molar-refractivity contribution in [2.45, 2.75) is 72.1 Å². The van der Waals surface area contributed by atoms with Crippen LogP contribution in [0.2, 0.25) is 0 Å². The van der Waals surface area contributed by atoms with Crippen molar-refractivity contribution in [3.63, 3.8) is 0 Å². The van der Waals surface area contributed by atoms with E-state index in [4.69, 9.17) is 9.47 Å². The van der Waals surface area contributed by atoms with E-state index in [9.17, 15) is 4.79 Å². The maximum absolute atomic E-state index is 12.2. The molecule has 0 saturated carbocycles. The van der Waals surface area contributed by atoms with Gasteiger partial charge in [0, 0.05) is 24.6 Å². The lowest BCUT2D eigenvalue weighted by atomic mass is 10.1. The number of carbonyl (C=O) groups excluding carboxylic acids is 1. The van der Waals surface area contributed by atoms with Gasteiger partial charge in [-0.1, -0.05) is 46.0 Å². The fourth-order valence-electron chi connectivity index (χ4n) is 3.06. The molecule has 0 amide bonds. The molecule has 5 heteroatoms. The summed E-state index contributed by atoms with van der Waals surface area (Å²) in [6, 6.07) is 7.32. The Morgan fingerprint density at radius 1 is 0.933 bits per heavy atom. The van der Waals surface area contributed by atoms with E-state index in [0.717, 1.165) is 31.2 Å². The third-order valence-corrected chi connectivity index (χ3v) is 5.02. The smallest absolute Gasteiger partial charge is 0.316 e. The second kappa shape index (κ2) is 13.9. The lowest BCUT2D eigenvalue weighted by Crippen LogP contribution is -2.22. The first-order valence-corrected chi connectivity index (χ1v) is 11.3. The largest absolute Gasteiger partial charge is 0.426 e. The molecule has 1 heterocycles. The van der Waals surface area contributed by atoms with Crippen LogP contribution in [0.4, 0.5) is 0 Å². The van der Waals surface area contributed by atoms with Gasteiger partial charge in [-0.3, -0.25) is 4.79 Å². The van der Waals surface area contributed by atoms with Gasteiger partial charge in [-0.2, -0.15) is 0 Å². The van der Waals surface area contributed by atoms with Crippen LogP contribution in [-0.4, -0.2) is 29.2 Å². The Labute approximate surface area is 181 Å². The van der Waals surface area contributed by atoms with Crippen LogP contribution in [0.25, 0.3) is 11.4 Å². The van der Waals surface area contributed by atoms with Crippen LogP contribution >= 0.6 is 0 Å². The van der Waals surface area contributed by atoms with E-state index < -0.39 is 0 Å². The number of nitrogens with zero attached hydrogens (tertiary/aromatic N) is 2. The molecule has 2 rings (SSSR count). The summed E-state index contributed by atoms with van der Waals surface area (Å²) in [6.07, 6.45) is 13.1. The van der Waals surface area contributed by atoms with Crippen molar-refractivity contribution in [3.8, 4) is 17.1 Å². The quantitative estimate of drug-likeness (QED) is 0.216. The van der Waals surface area contributed by atoms with Crippen molar-refractivity contribution >= 4 is 5.97 Å². The van der Waals surface area contributed by atoms with Crippen LogP contribution in [-0.2, 0) is 16.0 Å². The molecule has 164 valence electrons. The maximum atomic E-state index is 12.2. The van der Waals surface area contributed by atoms with E-state index in [1.165, 1.54) is 31.2 Å². The van der Waals surface area contributed by atoms with Gasteiger partial charge in [0.25, 0.3) is 0 Å². The number of aromatic nitrogens is 2. The Morgan fingerprint density at radius 2 is 1.60 bits per heavy atom. The highest BCUT2D eigenvalue weighted by Crippen LogP contribution is 2.20. The molecule has 0 N–H and O–H groups in total. The number of hydrogen-bond donors (Lipinski definition) is 0. The molecule has 0 radical (unpaired) electrons. The minimum atomic E-state index is -0.292. The molecule has 0 saturated heterocycles. The monoisotopic (exact) mass is 412 g/mol. The Morgan fingerprint density at radius 3 is 2.27 bits per heavy atom. The van der Waals surface area contributed by atoms with E-state index in [0.29, 0.717) is 24.8 Å². The molecular weight excluding hydrogens is 376 g/mol. The Kier molecular flexibility index (Phi) is 11.1. The maximum Gasteiger partial charge on any atom is 0.316 e. The zero-order valence-corrected chi connectivity index (χ0v) is 18.7. The zero-order chi connectivity index (χ0) is 21.6. The fraction of sp³-hybridized carbons (Fsp3) is 0.560. The van der Waals surface area contributed by atoms with Crippen molar-refractivity contribution in [2.24, 2.45) is 5.92 Å². The first kappa shape index (κ1) is 24.0. The molecule has 0 aliphatic rings. The molecule has 1 aromatic heterocycles. The van der Waals surface area contributed by atoms with Gasteiger partial charge in [0.1, 0.15) is 5.75 Å². The lowest BCUT2D eigenvalue weighted by molar-refractivity contribution is -0.140. The van der Waals surface area contributed by atoms with Crippen molar-refractivity contribution in [3.05, 3.63) is 42.2 Å². The number of rotatable bonds is 14. The van der Waals surface area contributed by atoms with E-state index in [1.54, 1.807) is 12.1 Å². The molecule has 1 aromatic carbocycles. The zero-order valence-electron chi connectivity index (χ0n) is 18.7. The van der Waals surface area contributed by atoms with Gasteiger partial charge >= 0.3 is 5.97 Å². The van der Waals surface area contributed by atoms with Gasteiger partial charge in [0.2, 0.25) is 0 Å². The number of ether oxygens (including phenoxy) is 2. The van der Waals surface area contributed by atoms with Gasteiger partial charge in [-0.25, -0.2) is 9.97 Å². The first-order chi connectivity index (χ1) is 14.6. The van der Waals surface area contributed by atoms with Crippen molar-refractivity contribution in [1.82, 2.24) is 9.97 Å². The SMILES string of the molecule is CCCCCCc1cnc(-c2ccc(OC(=O)C(C)COCCCCC)cc2)nc1. The molecule has 1 unspecified atom stereocenters. The van der Waals surface area contributed by atoms with Gasteiger partial charge in [-0.15, -0.1) is 0 Å². The Bertz CT molecular complexity index is 729. The van der Waals surface area contributed by atoms with Crippen LogP contribution < -0.4 is 4.74 Å². The fourth-order valence-corrected chi connectivity index (χ4v) is 3.06. The minimum Gasteiger partial charge on any atom is -0.426 e. The highest BCUT2D eigenvalue weighted by atomic mass is 16.5. The number of esters is 1. The van der Waals surface area contributed by atoms with Crippen LogP contribution in [0.15, 0.2) is 36.7 Å². The average molecular weight is 413 g/mol. The number of benzene rings is 1. The van der Waals surface area contributed by atoms with Gasteiger partial charge in [0.05, 0.1) is 12.5 Å². The summed E-state index contributed by atoms with van der Waals surface area (Å²) in [6.45, 7) is 7.28. The van der Waals surface area contributed by atoms with Crippen LogP contribution in [0.5, 0.6) is 5.75 Å². The predicted molar refractivity (Wildman–Crippen MR) is 120 cm³/mol. The first-order valence-electron chi connectivity index (χ1n) is 11.3. The van der Waals surface area contributed by atoms with Crippen LogP contribution in [0, 0.1) is 5.92 Å². The molecule has 2 aromatic rings. The molecule has 0 aliphatic heterocycles. The molecule has 1 atom stereocenters.